The summed E-state index contributed by atoms with van der Waals surface area (Å²) in [6.07, 6.45) is 0. The van der Waals surface area contributed by atoms with Crippen LogP contribution in [0.5, 0.6) is 5.75 Å². The number of hydrogen-bond acceptors (Lipinski definition) is 3. The van der Waals surface area contributed by atoms with Gasteiger partial charge >= 0.3 is 5.69 Å². The molecule has 0 aliphatic carbocycles. The van der Waals surface area contributed by atoms with E-state index in [1.165, 1.54) is 35.9 Å². The monoisotopic (exact) mass is 331 g/mol. The number of aromatic amines is 1. The van der Waals surface area contributed by atoms with Crippen molar-refractivity contribution in [2.24, 2.45) is 13.0 Å². The fourth-order valence-corrected chi connectivity index (χ4v) is 2.81. The van der Waals surface area contributed by atoms with Gasteiger partial charge in [-0.05, 0) is 30.2 Å². The first kappa shape index (κ1) is 16.0. The van der Waals surface area contributed by atoms with E-state index in [0.29, 0.717) is 5.56 Å². The molecule has 1 aromatic carbocycles. The van der Waals surface area contributed by atoms with Gasteiger partial charge in [-0.3, -0.25) is 13.9 Å². The zero-order valence-electron chi connectivity index (χ0n) is 13.6. The van der Waals surface area contributed by atoms with Gasteiger partial charge in [0.15, 0.2) is 5.75 Å². The van der Waals surface area contributed by atoms with Crippen molar-refractivity contribution in [3.05, 3.63) is 50.9 Å². The molecule has 126 valence electrons. The SMILES string of the molecule is CC(C)Cn1c(=O)c2[nH]c(-c3ccc(F)cc3)c(O)c2n(C)c1=O. The second kappa shape index (κ2) is 5.67. The summed E-state index contributed by atoms with van der Waals surface area (Å²) in [5.41, 5.74) is 0.122. The average Bonchev–Trinajstić information content (AvgIpc) is 2.88. The quantitative estimate of drug-likeness (QED) is 0.772. The summed E-state index contributed by atoms with van der Waals surface area (Å²) in [6.45, 7) is 4.10. The number of aromatic nitrogens is 3. The number of benzene rings is 1. The molecule has 2 heterocycles. The third kappa shape index (κ3) is 2.42. The van der Waals surface area contributed by atoms with Crippen molar-refractivity contribution in [2.75, 3.05) is 0 Å². The van der Waals surface area contributed by atoms with Gasteiger partial charge < -0.3 is 10.1 Å². The van der Waals surface area contributed by atoms with E-state index in [4.69, 9.17) is 0 Å². The summed E-state index contributed by atoms with van der Waals surface area (Å²) in [5.74, 6) is -0.487. The molecule has 7 heteroatoms. The molecule has 0 radical (unpaired) electrons. The van der Waals surface area contributed by atoms with Crippen LogP contribution in [-0.4, -0.2) is 19.2 Å². The lowest BCUT2D eigenvalue weighted by Crippen LogP contribution is -2.40. The van der Waals surface area contributed by atoms with Crippen LogP contribution in [0.3, 0.4) is 0 Å². The maximum Gasteiger partial charge on any atom is 0.331 e. The number of aryl methyl sites for hydroxylation is 1. The van der Waals surface area contributed by atoms with Gasteiger partial charge in [-0.15, -0.1) is 0 Å². The number of rotatable bonds is 3. The van der Waals surface area contributed by atoms with Crippen LogP contribution in [0.4, 0.5) is 4.39 Å². The maximum absolute atomic E-state index is 13.1. The van der Waals surface area contributed by atoms with Crippen LogP contribution in [-0.2, 0) is 13.6 Å². The predicted molar refractivity (Wildman–Crippen MR) is 89.7 cm³/mol. The highest BCUT2D eigenvalue weighted by Gasteiger charge is 2.20. The second-order valence-corrected chi connectivity index (χ2v) is 6.23. The van der Waals surface area contributed by atoms with Gasteiger partial charge in [0.25, 0.3) is 5.56 Å². The fourth-order valence-electron chi connectivity index (χ4n) is 2.81. The van der Waals surface area contributed by atoms with E-state index in [9.17, 15) is 19.1 Å². The normalized spacial score (nSPS) is 11.5. The number of aromatic hydroxyl groups is 1. The smallest absolute Gasteiger partial charge is 0.331 e. The number of H-pyrrole nitrogens is 1. The van der Waals surface area contributed by atoms with Crippen LogP contribution in [0, 0.1) is 11.7 Å². The first-order chi connectivity index (χ1) is 11.3. The zero-order valence-corrected chi connectivity index (χ0v) is 13.6. The predicted octanol–water partition coefficient (Wildman–Crippen LogP) is 2.20. The number of halogens is 1. The van der Waals surface area contributed by atoms with E-state index < -0.39 is 17.1 Å². The lowest BCUT2D eigenvalue weighted by molar-refractivity contribution is 0.472. The lowest BCUT2D eigenvalue weighted by atomic mass is 10.1. The first-order valence-corrected chi connectivity index (χ1v) is 7.61. The van der Waals surface area contributed by atoms with Crippen molar-refractivity contribution in [1.29, 1.82) is 0 Å². The van der Waals surface area contributed by atoms with Crippen LogP contribution in [0.25, 0.3) is 22.3 Å². The summed E-state index contributed by atoms with van der Waals surface area (Å²) in [6, 6.07) is 5.50. The zero-order chi connectivity index (χ0) is 17.6. The number of nitrogens with one attached hydrogen (secondary N) is 1. The Morgan fingerprint density at radius 3 is 2.42 bits per heavy atom. The molecule has 2 aromatic heterocycles. The number of nitrogens with zero attached hydrogens (tertiary/aromatic N) is 2. The van der Waals surface area contributed by atoms with Crippen molar-refractivity contribution in [3.8, 4) is 17.0 Å². The third-order valence-electron chi connectivity index (χ3n) is 3.94. The van der Waals surface area contributed by atoms with Crippen LogP contribution >= 0.6 is 0 Å². The Labute approximate surface area is 136 Å². The van der Waals surface area contributed by atoms with Crippen molar-refractivity contribution in [1.82, 2.24) is 14.1 Å². The highest BCUT2D eigenvalue weighted by molar-refractivity contribution is 5.90. The van der Waals surface area contributed by atoms with E-state index in [1.807, 2.05) is 13.8 Å². The minimum absolute atomic E-state index is 0.118. The molecule has 24 heavy (non-hydrogen) atoms. The Hall–Kier alpha value is -2.83. The van der Waals surface area contributed by atoms with Crippen LogP contribution in [0.1, 0.15) is 13.8 Å². The molecule has 0 aliphatic rings. The topological polar surface area (TPSA) is 80.0 Å². The van der Waals surface area contributed by atoms with E-state index in [-0.39, 0.29) is 34.9 Å². The molecule has 0 saturated heterocycles. The molecule has 0 atom stereocenters. The summed E-state index contributed by atoms with van der Waals surface area (Å²) in [5, 5.41) is 10.5. The van der Waals surface area contributed by atoms with Crippen LogP contribution < -0.4 is 11.2 Å². The fraction of sp³-hybridized carbons (Fsp3) is 0.294. The molecule has 0 bridgehead atoms. The van der Waals surface area contributed by atoms with E-state index in [2.05, 4.69) is 4.98 Å². The van der Waals surface area contributed by atoms with E-state index in [1.54, 1.807) is 0 Å². The molecule has 0 saturated carbocycles. The third-order valence-corrected chi connectivity index (χ3v) is 3.94. The standard InChI is InChI=1S/C17H18FN3O3/c1-9(2)8-21-16(23)13-14(20(3)17(21)24)15(22)12(19-13)10-4-6-11(18)7-5-10/h4-7,9,19,22H,8H2,1-3H3. The Bertz CT molecular complexity index is 1030. The Morgan fingerprint density at radius 1 is 1.21 bits per heavy atom. The first-order valence-electron chi connectivity index (χ1n) is 7.61. The molecule has 0 spiro atoms. The maximum atomic E-state index is 13.1. The molecule has 0 unspecified atom stereocenters. The highest BCUT2D eigenvalue weighted by atomic mass is 19.1. The Balaban J connectivity index is 2.34. The molecule has 0 fully saturated rings. The van der Waals surface area contributed by atoms with Crippen molar-refractivity contribution < 1.29 is 9.50 Å². The van der Waals surface area contributed by atoms with E-state index >= 15 is 0 Å². The van der Waals surface area contributed by atoms with Crippen molar-refractivity contribution >= 4 is 11.0 Å². The van der Waals surface area contributed by atoms with Crippen LogP contribution in [0.15, 0.2) is 33.9 Å². The van der Waals surface area contributed by atoms with Gasteiger partial charge in [-0.2, -0.15) is 0 Å². The largest absolute Gasteiger partial charge is 0.504 e. The summed E-state index contributed by atoms with van der Waals surface area (Å²) in [7, 11) is 1.50. The van der Waals surface area contributed by atoms with Crippen molar-refractivity contribution in [2.45, 2.75) is 20.4 Å². The highest BCUT2D eigenvalue weighted by Crippen LogP contribution is 2.33. The van der Waals surface area contributed by atoms with Gasteiger partial charge in [0.05, 0.1) is 5.69 Å². The second-order valence-electron chi connectivity index (χ2n) is 6.23. The molecule has 2 N–H and O–H groups in total. The Morgan fingerprint density at radius 2 is 1.83 bits per heavy atom. The summed E-state index contributed by atoms with van der Waals surface area (Å²) in [4.78, 5) is 28.0. The number of hydrogen-bond donors (Lipinski definition) is 2. The van der Waals surface area contributed by atoms with Gasteiger partial charge in [0, 0.05) is 19.2 Å². The molecular weight excluding hydrogens is 313 g/mol. The van der Waals surface area contributed by atoms with Gasteiger partial charge in [0.1, 0.15) is 16.9 Å². The van der Waals surface area contributed by atoms with Crippen molar-refractivity contribution in [3.63, 3.8) is 0 Å². The van der Waals surface area contributed by atoms with Gasteiger partial charge in [-0.1, -0.05) is 13.8 Å². The lowest BCUT2D eigenvalue weighted by Gasteiger charge is -2.10. The van der Waals surface area contributed by atoms with Gasteiger partial charge in [0.2, 0.25) is 0 Å². The summed E-state index contributed by atoms with van der Waals surface area (Å²) >= 11 is 0. The Kier molecular flexibility index (Phi) is 3.79. The van der Waals surface area contributed by atoms with Crippen LogP contribution in [0.2, 0.25) is 0 Å². The molecular formula is C17H18FN3O3. The van der Waals surface area contributed by atoms with Gasteiger partial charge in [-0.25, -0.2) is 9.18 Å². The molecule has 6 nitrogen and oxygen atoms in total. The molecule has 3 aromatic rings. The minimum Gasteiger partial charge on any atom is -0.504 e. The van der Waals surface area contributed by atoms with E-state index in [0.717, 1.165) is 4.57 Å². The summed E-state index contributed by atoms with van der Waals surface area (Å²) < 4.78 is 15.5. The molecule has 0 amide bonds. The average molecular weight is 331 g/mol. The minimum atomic E-state index is -0.485. The number of fused-ring (bicyclic) bond motifs is 1. The molecule has 3 rings (SSSR count). The molecule has 0 aliphatic heterocycles.